The summed E-state index contributed by atoms with van der Waals surface area (Å²) in [5.41, 5.74) is 1.15. The average Bonchev–Trinajstić information content (AvgIpc) is 2.70. The van der Waals surface area contributed by atoms with Crippen molar-refractivity contribution in [2.45, 2.75) is 24.8 Å². The van der Waals surface area contributed by atoms with Crippen LogP contribution in [0.25, 0.3) is 6.08 Å². The van der Waals surface area contributed by atoms with Crippen LogP contribution in [0.4, 0.5) is 5.69 Å². The molecule has 0 saturated carbocycles. The van der Waals surface area contributed by atoms with Crippen LogP contribution in [-0.4, -0.2) is 41.7 Å². The summed E-state index contributed by atoms with van der Waals surface area (Å²) in [4.78, 5) is 12.4. The maximum Gasteiger partial charge on any atom is 0.248 e. The van der Waals surface area contributed by atoms with Crippen molar-refractivity contribution >= 4 is 27.7 Å². The molecule has 0 aliphatic carbocycles. The lowest BCUT2D eigenvalue weighted by molar-refractivity contribution is -0.111. The molecule has 0 spiro atoms. The topological polar surface area (TPSA) is 103 Å². The Hall–Kier alpha value is -3.04. The quantitative estimate of drug-likeness (QED) is 0.588. The first-order valence-electron chi connectivity index (χ1n) is 9.11. The molecule has 0 saturated heterocycles. The van der Waals surface area contributed by atoms with Crippen LogP contribution in [0.3, 0.4) is 0 Å². The van der Waals surface area contributed by atoms with Gasteiger partial charge in [0.1, 0.15) is 0 Å². The number of ether oxygens (including phenoxy) is 3. The van der Waals surface area contributed by atoms with Crippen LogP contribution >= 0.6 is 0 Å². The van der Waals surface area contributed by atoms with E-state index in [0.29, 0.717) is 28.5 Å². The number of anilines is 1. The molecule has 0 aliphatic rings. The van der Waals surface area contributed by atoms with Crippen LogP contribution in [-0.2, 0) is 14.8 Å². The van der Waals surface area contributed by atoms with Gasteiger partial charge in [0.25, 0.3) is 0 Å². The number of carbonyl (C=O) groups is 1. The minimum Gasteiger partial charge on any atom is -0.493 e. The maximum absolute atomic E-state index is 12.2. The average molecular weight is 435 g/mol. The second kappa shape index (κ2) is 10.1. The van der Waals surface area contributed by atoms with Gasteiger partial charge in [-0.2, -0.15) is 0 Å². The third-order valence-corrected chi connectivity index (χ3v) is 5.61. The van der Waals surface area contributed by atoms with Gasteiger partial charge in [0.15, 0.2) is 11.5 Å². The van der Waals surface area contributed by atoms with Gasteiger partial charge < -0.3 is 19.5 Å². The van der Waals surface area contributed by atoms with Crippen molar-refractivity contribution in [2.24, 2.45) is 0 Å². The zero-order chi connectivity index (χ0) is 22.3. The van der Waals surface area contributed by atoms with E-state index in [1.807, 2.05) is 0 Å². The van der Waals surface area contributed by atoms with E-state index in [-0.39, 0.29) is 16.8 Å². The third kappa shape index (κ3) is 5.98. The largest absolute Gasteiger partial charge is 0.493 e. The van der Waals surface area contributed by atoms with E-state index in [4.69, 9.17) is 14.2 Å². The molecule has 2 aromatic carbocycles. The van der Waals surface area contributed by atoms with Crippen LogP contribution in [0.2, 0.25) is 0 Å². The lowest BCUT2D eigenvalue weighted by Gasteiger charge is -2.12. The van der Waals surface area contributed by atoms with Gasteiger partial charge in [-0.3, -0.25) is 4.79 Å². The van der Waals surface area contributed by atoms with Crippen molar-refractivity contribution in [3.05, 3.63) is 48.0 Å². The standard InChI is InChI=1S/C21H26N2O6S/c1-14(2)23-30(25,26)17-9-7-16(8-10-17)22-20(24)11-6-15-12-18(27-3)21(29-5)19(13-15)28-4/h6-14,23H,1-5H3,(H,22,24). The summed E-state index contributed by atoms with van der Waals surface area (Å²) in [6.07, 6.45) is 2.96. The Kier molecular flexibility index (Phi) is 7.85. The van der Waals surface area contributed by atoms with Crippen LogP contribution in [0.15, 0.2) is 47.4 Å². The first-order valence-corrected chi connectivity index (χ1v) is 10.6. The van der Waals surface area contributed by atoms with E-state index in [9.17, 15) is 13.2 Å². The summed E-state index contributed by atoms with van der Waals surface area (Å²) in [7, 11) is 0.956. The summed E-state index contributed by atoms with van der Waals surface area (Å²) in [6, 6.07) is 9.14. The summed E-state index contributed by atoms with van der Waals surface area (Å²) < 4.78 is 42.7. The van der Waals surface area contributed by atoms with E-state index < -0.39 is 10.0 Å². The number of carbonyl (C=O) groups excluding carboxylic acids is 1. The lowest BCUT2D eigenvalue weighted by Crippen LogP contribution is -2.30. The predicted octanol–water partition coefficient (Wildman–Crippen LogP) is 3.05. The number of rotatable bonds is 9. The Bertz CT molecular complexity index is 989. The second-order valence-corrected chi connectivity index (χ2v) is 8.30. The molecule has 0 bridgehead atoms. The fourth-order valence-corrected chi connectivity index (χ4v) is 3.90. The smallest absolute Gasteiger partial charge is 0.248 e. The van der Waals surface area contributed by atoms with Gasteiger partial charge in [0, 0.05) is 17.8 Å². The minimum absolute atomic E-state index is 0.127. The lowest BCUT2D eigenvalue weighted by atomic mass is 10.1. The number of amides is 1. The molecule has 162 valence electrons. The van der Waals surface area contributed by atoms with Crippen molar-refractivity contribution in [3.63, 3.8) is 0 Å². The van der Waals surface area contributed by atoms with Crippen molar-refractivity contribution in [1.82, 2.24) is 4.72 Å². The molecule has 0 fully saturated rings. The molecule has 9 heteroatoms. The summed E-state index contributed by atoms with van der Waals surface area (Å²) in [5, 5.41) is 2.68. The van der Waals surface area contributed by atoms with Crippen molar-refractivity contribution in [2.75, 3.05) is 26.6 Å². The molecule has 2 rings (SSSR count). The summed E-state index contributed by atoms with van der Waals surface area (Å²) in [6.45, 7) is 3.49. The molecule has 2 N–H and O–H groups in total. The Balaban J connectivity index is 2.11. The molecule has 2 aromatic rings. The molecule has 0 heterocycles. The van der Waals surface area contributed by atoms with Crippen LogP contribution in [0.1, 0.15) is 19.4 Å². The zero-order valence-corrected chi connectivity index (χ0v) is 18.4. The number of methoxy groups -OCH3 is 3. The normalized spacial score (nSPS) is 11.5. The zero-order valence-electron chi connectivity index (χ0n) is 17.6. The molecular weight excluding hydrogens is 408 g/mol. The number of benzene rings is 2. The van der Waals surface area contributed by atoms with Crippen LogP contribution < -0.4 is 24.2 Å². The molecule has 0 aromatic heterocycles. The first-order chi connectivity index (χ1) is 14.2. The number of sulfonamides is 1. The molecule has 1 amide bonds. The van der Waals surface area contributed by atoms with Crippen molar-refractivity contribution in [1.29, 1.82) is 0 Å². The van der Waals surface area contributed by atoms with Crippen molar-refractivity contribution < 1.29 is 27.4 Å². The highest BCUT2D eigenvalue weighted by Gasteiger charge is 2.15. The molecule has 0 atom stereocenters. The highest BCUT2D eigenvalue weighted by Crippen LogP contribution is 2.38. The van der Waals surface area contributed by atoms with Gasteiger partial charge in [-0.15, -0.1) is 0 Å². The Labute approximate surface area is 176 Å². The highest BCUT2D eigenvalue weighted by atomic mass is 32.2. The summed E-state index contributed by atoms with van der Waals surface area (Å²) >= 11 is 0. The second-order valence-electron chi connectivity index (χ2n) is 6.58. The van der Waals surface area contributed by atoms with E-state index in [0.717, 1.165) is 0 Å². The van der Waals surface area contributed by atoms with E-state index in [2.05, 4.69) is 10.0 Å². The van der Waals surface area contributed by atoms with Gasteiger partial charge in [-0.1, -0.05) is 0 Å². The number of hydrogen-bond acceptors (Lipinski definition) is 6. The fourth-order valence-electron chi connectivity index (χ4n) is 2.65. The molecule has 8 nitrogen and oxygen atoms in total. The third-order valence-electron chi connectivity index (χ3n) is 3.94. The molecule has 0 radical (unpaired) electrons. The van der Waals surface area contributed by atoms with Gasteiger partial charge in [-0.25, -0.2) is 13.1 Å². The van der Waals surface area contributed by atoms with Crippen molar-refractivity contribution in [3.8, 4) is 17.2 Å². The van der Waals surface area contributed by atoms with E-state index >= 15 is 0 Å². The SMILES string of the molecule is COc1cc(C=CC(=O)Nc2ccc(S(=O)(=O)NC(C)C)cc2)cc(OC)c1OC. The Morgan fingerprint density at radius 2 is 1.53 bits per heavy atom. The molecular formula is C21H26N2O6S. The van der Waals surface area contributed by atoms with E-state index in [1.165, 1.54) is 51.7 Å². The van der Waals surface area contributed by atoms with Crippen LogP contribution in [0.5, 0.6) is 17.2 Å². The van der Waals surface area contributed by atoms with Gasteiger partial charge in [0.05, 0.1) is 26.2 Å². The van der Waals surface area contributed by atoms with Crippen LogP contribution in [0, 0.1) is 0 Å². The number of nitrogens with one attached hydrogen (secondary N) is 2. The monoisotopic (exact) mass is 434 g/mol. The highest BCUT2D eigenvalue weighted by molar-refractivity contribution is 7.89. The van der Waals surface area contributed by atoms with Gasteiger partial charge >= 0.3 is 0 Å². The minimum atomic E-state index is -3.58. The van der Waals surface area contributed by atoms with Gasteiger partial charge in [0.2, 0.25) is 21.7 Å². The predicted molar refractivity (Wildman–Crippen MR) is 116 cm³/mol. The Morgan fingerprint density at radius 3 is 2.00 bits per heavy atom. The van der Waals surface area contributed by atoms with Gasteiger partial charge in [-0.05, 0) is 61.9 Å². The molecule has 0 unspecified atom stereocenters. The Morgan fingerprint density at radius 1 is 0.967 bits per heavy atom. The molecule has 30 heavy (non-hydrogen) atoms. The molecule has 0 aliphatic heterocycles. The maximum atomic E-state index is 12.2. The first kappa shape index (κ1) is 23.2. The van der Waals surface area contributed by atoms with E-state index in [1.54, 1.807) is 32.1 Å². The summed E-state index contributed by atoms with van der Waals surface area (Å²) in [5.74, 6) is 1.04. The fraction of sp³-hybridized carbons (Fsp3) is 0.286. The number of hydrogen-bond donors (Lipinski definition) is 2.